The number of pyridine rings is 1. The molecule has 0 fully saturated rings. The van der Waals surface area contributed by atoms with Crippen molar-refractivity contribution in [1.29, 1.82) is 0 Å². The van der Waals surface area contributed by atoms with Crippen molar-refractivity contribution >= 4 is 17.2 Å². The molecule has 0 saturated carbocycles. The van der Waals surface area contributed by atoms with Gasteiger partial charge in [0.25, 0.3) is 0 Å². The predicted octanol–water partition coefficient (Wildman–Crippen LogP) is 3.39. The zero-order valence-corrected chi connectivity index (χ0v) is 11.9. The summed E-state index contributed by atoms with van der Waals surface area (Å²) in [6, 6.07) is 19.2. The lowest BCUT2D eigenvalue weighted by molar-refractivity contribution is -0.109. The number of fused-ring (bicyclic) bond motifs is 1. The first-order valence-electron chi connectivity index (χ1n) is 6.99. The van der Waals surface area contributed by atoms with Gasteiger partial charge in [0.05, 0.1) is 11.2 Å². The fourth-order valence-electron chi connectivity index (χ4n) is 2.13. The number of ether oxygens (including phenoxy) is 2. The van der Waals surface area contributed by atoms with Crippen molar-refractivity contribution in [3.05, 3.63) is 66.4 Å². The van der Waals surface area contributed by atoms with Gasteiger partial charge in [-0.2, -0.15) is 0 Å². The molecule has 0 aliphatic heterocycles. The normalized spacial score (nSPS) is 10.4. The number of benzene rings is 2. The summed E-state index contributed by atoms with van der Waals surface area (Å²) in [5, 5.41) is 1.11. The van der Waals surface area contributed by atoms with Crippen LogP contribution in [0.3, 0.4) is 0 Å². The van der Waals surface area contributed by atoms with Crippen molar-refractivity contribution < 1.29 is 14.3 Å². The average Bonchev–Trinajstić information content (AvgIpc) is 2.58. The summed E-state index contributed by atoms with van der Waals surface area (Å²) in [5.41, 5.74) is 1.81. The van der Waals surface area contributed by atoms with E-state index in [2.05, 4.69) is 4.98 Å². The number of hydrogen-bond acceptors (Lipinski definition) is 4. The lowest BCUT2D eigenvalue weighted by Crippen LogP contribution is -2.00. The van der Waals surface area contributed by atoms with Crippen molar-refractivity contribution in [2.24, 2.45) is 0 Å². The molecule has 0 aliphatic carbocycles. The van der Waals surface area contributed by atoms with E-state index in [1.807, 2.05) is 48.5 Å². The van der Waals surface area contributed by atoms with Gasteiger partial charge in [-0.1, -0.05) is 30.3 Å². The number of para-hydroxylation sites is 1. The van der Waals surface area contributed by atoms with E-state index in [1.54, 1.807) is 12.1 Å². The number of nitrogens with zero attached hydrogens (tertiary/aromatic N) is 1. The second-order valence-corrected chi connectivity index (χ2v) is 4.74. The number of rotatable bonds is 6. The molecule has 0 aliphatic rings. The molecule has 4 heteroatoms. The number of hydrogen-bond donors (Lipinski definition) is 0. The molecule has 0 atom stereocenters. The Morgan fingerprint density at radius 1 is 0.909 bits per heavy atom. The topological polar surface area (TPSA) is 48.4 Å². The maximum Gasteiger partial charge on any atom is 0.157 e. The molecule has 0 N–H and O–H groups in total. The second kappa shape index (κ2) is 6.72. The molecule has 0 saturated heterocycles. The Bertz CT molecular complexity index is 786. The van der Waals surface area contributed by atoms with Gasteiger partial charge >= 0.3 is 0 Å². The lowest BCUT2D eigenvalue weighted by atomic mass is 10.2. The molecular formula is C18H15NO3. The standard InChI is InChI=1S/C18H15NO3/c20-10-11-21-16-5-3-6-17(12-16)22-13-15-9-8-14-4-1-2-7-18(14)19-15/h1-10,12H,11,13H2. The fraction of sp³-hybridized carbons (Fsp3) is 0.111. The molecule has 22 heavy (non-hydrogen) atoms. The molecular weight excluding hydrogens is 278 g/mol. The molecule has 1 aromatic heterocycles. The molecule has 0 unspecified atom stereocenters. The molecule has 3 rings (SSSR count). The predicted molar refractivity (Wildman–Crippen MR) is 84.1 cm³/mol. The molecule has 3 aromatic rings. The van der Waals surface area contributed by atoms with Crippen molar-refractivity contribution in [2.45, 2.75) is 6.61 Å². The summed E-state index contributed by atoms with van der Waals surface area (Å²) < 4.78 is 11.0. The first kappa shape index (κ1) is 14.1. The van der Waals surface area contributed by atoms with Gasteiger partial charge in [0.2, 0.25) is 0 Å². The van der Waals surface area contributed by atoms with Crippen molar-refractivity contribution in [2.75, 3.05) is 6.61 Å². The van der Waals surface area contributed by atoms with Crippen molar-refractivity contribution in [1.82, 2.24) is 4.98 Å². The Hall–Kier alpha value is -2.88. The second-order valence-electron chi connectivity index (χ2n) is 4.74. The first-order chi connectivity index (χ1) is 10.8. The van der Waals surface area contributed by atoms with Crippen LogP contribution in [0.5, 0.6) is 11.5 Å². The summed E-state index contributed by atoms with van der Waals surface area (Å²) in [4.78, 5) is 14.9. The minimum Gasteiger partial charge on any atom is -0.487 e. The molecule has 4 nitrogen and oxygen atoms in total. The molecule has 2 aromatic carbocycles. The van der Waals surface area contributed by atoms with Gasteiger partial charge in [0.15, 0.2) is 6.29 Å². The van der Waals surface area contributed by atoms with E-state index < -0.39 is 0 Å². The van der Waals surface area contributed by atoms with E-state index >= 15 is 0 Å². The van der Waals surface area contributed by atoms with E-state index in [0.717, 1.165) is 16.6 Å². The highest BCUT2D eigenvalue weighted by Gasteiger charge is 2.01. The fourth-order valence-corrected chi connectivity index (χ4v) is 2.13. The SMILES string of the molecule is O=CCOc1cccc(OCc2ccc3ccccc3n2)c1. The Morgan fingerprint density at radius 3 is 2.59 bits per heavy atom. The smallest absolute Gasteiger partial charge is 0.157 e. The number of carbonyl (C=O) groups excluding carboxylic acids is 1. The van der Waals surface area contributed by atoms with Gasteiger partial charge in [-0.15, -0.1) is 0 Å². The van der Waals surface area contributed by atoms with Crippen LogP contribution in [0.1, 0.15) is 5.69 Å². The Morgan fingerprint density at radius 2 is 1.73 bits per heavy atom. The minimum atomic E-state index is 0.0374. The maximum atomic E-state index is 10.3. The van der Waals surface area contributed by atoms with Gasteiger partial charge in [0.1, 0.15) is 24.7 Å². The van der Waals surface area contributed by atoms with Crippen LogP contribution in [0, 0.1) is 0 Å². The quantitative estimate of drug-likeness (QED) is 0.654. The number of carbonyl (C=O) groups is 1. The largest absolute Gasteiger partial charge is 0.487 e. The van der Waals surface area contributed by atoms with E-state index in [-0.39, 0.29) is 6.61 Å². The number of aldehydes is 1. The van der Waals surface area contributed by atoms with Crippen LogP contribution in [0.2, 0.25) is 0 Å². The summed E-state index contributed by atoms with van der Waals surface area (Å²) >= 11 is 0. The van der Waals surface area contributed by atoms with Crippen LogP contribution >= 0.6 is 0 Å². The van der Waals surface area contributed by atoms with Crippen LogP contribution in [-0.2, 0) is 11.4 Å². The highest BCUT2D eigenvalue weighted by atomic mass is 16.5. The van der Waals surface area contributed by atoms with Crippen LogP contribution in [0.15, 0.2) is 60.7 Å². The van der Waals surface area contributed by atoms with Gasteiger partial charge < -0.3 is 9.47 Å². The zero-order valence-electron chi connectivity index (χ0n) is 11.9. The average molecular weight is 293 g/mol. The minimum absolute atomic E-state index is 0.0374. The Kier molecular flexibility index (Phi) is 4.30. The Balaban J connectivity index is 1.69. The molecule has 0 radical (unpaired) electrons. The van der Waals surface area contributed by atoms with Crippen LogP contribution in [0.4, 0.5) is 0 Å². The summed E-state index contributed by atoms with van der Waals surface area (Å²) in [5.74, 6) is 1.29. The van der Waals surface area contributed by atoms with E-state index in [0.29, 0.717) is 24.4 Å². The van der Waals surface area contributed by atoms with Crippen LogP contribution in [-0.4, -0.2) is 17.9 Å². The first-order valence-corrected chi connectivity index (χ1v) is 6.99. The van der Waals surface area contributed by atoms with Gasteiger partial charge in [0, 0.05) is 11.5 Å². The zero-order chi connectivity index (χ0) is 15.2. The van der Waals surface area contributed by atoms with Gasteiger partial charge in [-0.25, -0.2) is 4.98 Å². The highest BCUT2D eigenvalue weighted by molar-refractivity contribution is 5.78. The molecule has 1 heterocycles. The highest BCUT2D eigenvalue weighted by Crippen LogP contribution is 2.20. The Labute approximate surface area is 128 Å². The number of aromatic nitrogens is 1. The molecule has 110 valence electrons. The van der Waals surface area contributed by atoms with E-state index in [9.17, 15) is 4.79 Å². The molecule has 0 spiro atoms. The van der Waals surface area contributed by atoms with Gasteiger partial charge in [-0.3, -0.25) is 4.79 Å². The third-order valence-electron chi connectivity index (χ3n) is 3.17. The lowest BCUT2D eigenvalue weighted by Gasteiger charge is -2.08. The van der Waals surface area contributed by atoms with Crippen LogP contribution < -0.4 is 9.47 Å². The van der Waals surface area contributed by atoms with E-state index in [4.69, 9.17) is 9.47 Å². The van der Waals surface area contributed by atoms with Gasteiger partial charge in [-0.05, 0) is 24.3 Å². The summed E-state index contributed by atoms with van der Waals surface area (Å²) in [7, 11) is 0. The van der Waals surface area contributed by atoms with Crippen LogP contribution in [0.25, 0.3) is 10.9 Å². The maximum absolute atomic E-state index is 10.3. The third-order valence-corrected chi connectivity index (χ3v) is 3.17. The summed E-state index contributed by atoms with van der Waals surface area (Å²) in [6.45, 7) is 0.414. The van der Waals surface area contributed by atoms with E-state index in [1.165, 1.54) is 0 Å². The van der Waals surface area contributed by atoms with Crippen molar-refractivity contribution in [3.63, 3.8) is 0 Å². The van der Waals surface area contributed by atoms with Crippen molar-refractivity contribution in [3.8, 4) is 11.5 Å². The molecule has 0 bridgehead atoms. The molecule has 0 amide bonds. The third kappa shape index (κ3) is 3.41. The summed E-state index contributed by atoms with van der Waals surface area (Å²) in [6.07, 6.45) is 0.715. The monoisotopic (exact) mass is 293 g/mol.